The van der Waals surface area contributed by atoms with Gasteiger partial charge in [0.05, 0.1) is 18.4 Å². The second kappa shape index (κ2) is 10.2. The van der Waals surface area contributed by atoms with E-state index in [0.717, 1.165) is 29.9 Å². The van der Waals surface area contributed by atoms with Crippen molar-refractivity contribution in [2.75, 3.05) is 42.9 Å². The number of nitrogens with one attached hydrogen (secondary N) is 1. The van der Waals surface area contributed by atoms with Gasteiger partial charge >= 0.3 is 0 Å². The number of sulfonamides is 1. The lowest BCUT2D eigenvalue weighted by atomic mass is 10.1. The summed E-state index contributed by atoms with van der Waals surface area (Å²) >= 11 is 0. The number of carbonyl (C=O) groups is 1. The number of hydrogen-bond acceptors (Lipinski definition) is 5. The molecule has 178 valence electrons. The monoisotopic (exact) mass is 479 g/mol. The maximum Gasteiger partial charge on any atom is 0.261 e. The number of amides is 1. The first-order valence-electron chi connectivity index (χ1n) is 11.2. The Hall–Kier alpha value is -3.52. The lowest BCUT2D eigenvalue weighted by Crippen LogP contribution is -2.49. The number of piperazine rings is 1. The highest BCUT2D eigenvalue weighted by atomic mass is 32.2. The summed E-state index contributed by atoms with van der Waals surface area (Å²) in [5.41, 5.74) is 3.69. The predicted octanol–water partition coefficient (Wildman–Crippen LogP) is 3.70. The second-order valence-electron chi connectivity index (χ2n) is 8.36. The Balaban J connectivity index is 1.32. The molecule has 1 aliphatic heterocycles. The highest BCUT2D eigenvalue weighted by Gasteiger charge is 2.22. The van der Waals surface area contributed by atoms with Crippen molar-refractivity contribution in [3.63, 3.8) is 0 Å². The molecule has 7 nitrogen and oxygen atoms in total. The molecule has 1 aliphatic rings. The molecule has 4 rings (SSSR count). The van der Waals surface area contributed by atoms with Gasteiger partial charge in [0.25, 0.3) is 10.0 Å². The van der Waals surface area contributed by atoms with Crippen LogP contribution in [0.25, 0.3) is 0 Å². The van der Waals surface area contributed by atoms with Crippen LogP contribution in [-0.4, -0.2) is 52.5 Å². The molecule has 0 radical (unpaired) electrons. The fraction of sp³-hybridized carbons (Fsp3) is 0.269. The molecule has 0 spiro atoms. The van der Waals surface area contributed by atoms with Crippen LogP contribution in [-0.2, 0) is 21.2 Å². The molecule has 0 unspecified atom stereocenters. The Morgan fingerprint density at radius 3 is 2.24 bits per heavy atom. The van der Waals surface area contributed by atoms with E-state index < -0.39 is 10.0 Å². The normalized spacial score (nSPS) is 14.1. The molecule has 3 aromatic rings. The quantitative estimate of drug-likeness (QED) is 0.559. The van der Waals surface area contributed by atoms with Crippen LogP contribution >= 0.6 is 0 Å². The van der Waals surface area contributed by atoms with E-state index in [1.165, 1.54) is 19.2 Å². The summed E-state index contributed by atoms with van der Waals surface area (Å²) in [6.45, 7) is 4.82. The van der Waals surface area contributed by atoms with Gasteiger partial charge in [0.15, 0.2) is 0 Å². The van der Waals surface area contributed by atoms with Crippen molar-refractivity contribution in [2.45, 2.75) is 18.2 Å². The Morgan fingerprint density at radius 1 is 0.941 bits per heavy atom. The molecule has 1 amide bonds. The minimum absolute atomic E-state index is 0.147. The van der Waals surface area contributed by atoms with E-state index in [4.69, 9.17) is 4.74 Å². The number of benzene rings is 3. The molecule has 3 aromatic carbocycles. The lowest BCUT2D eigenvalue weighted by Gasteiger charge is -2.36. The molecular weight excluding hydrogens is 450 g/mol. The largest absolute Gasteiger partial charge is 0.497 e. The molecule has 0 bridgehead atoms. The number of carbonyl (C=O) groups excluding carboxylic acids is 1. The number of anilines is 2. The van der Waals surface area contributed by atoms with Gasteiger partial charge in [-0.05, 0) is 61.0 Å². The predicted molar refractivity (Wildman–Crippen MR) is 134 cm³/mol. The average Bonchev–Trinajstić information content (AvgIpc) is 2.84. The third-order valence-corrected chi connectivity index (χ3v) is 7.32. The van der Waals surface area contributed by atoms with Crippen molar-refractivity contribution in [3.05, 3.63) is 83.9 Å². The zero-order valence-corrected chi connectivity index (χ0v) is 20.2. The van der Waals surface area contributed by atoms with Gasteiger partial charge in [-0.15, -0.1) is 0 Å². The summed E-state index contributed by atoms with van der Waals surface area (Å²) in [6.07, 6.45) is 0.421. The molecule has 0 atom stereocenters. The maximum atomic E-state index is 12.7. The molecule has 1 heterocycles. The van der Waals surface area contributed by atoms with E-state index in [2.05, 4.69) is 15.7 Å². The van der Waals surface area contributed by atoms with Gasteiger partial charge in [-0.1, -0.05) is 29.8 Å². The highest BCUT2D eigenvalue weighted by molar-refractivity contribution is 7.92. The molecular formula is C26H29N3O4S. The molecule has 1 N–H and O–H groups in total. The highest BCUT2D eigenvalue weighted by Crippen LogP contribution is 2.23. The minimum atomic E-state index is -3.68. The number of ether oxygens (including phenoxy) is 1. The van der Waals surface area contributed by atoms with Gasteiger partial charge < -0.3 is 14.5 Å². The maximum absolute atomic E-state index is 12.7. The zero-order chi connectivity index (χ0) is 24.1. The smallest absolute Gasteiger partial charge is 0.261 e. The third-order valence-electron chi connectivity index (χ3n) is 5.92. The first-order valence-corrected chi connectivity index (χ1v) is 12.7. The topological polar surface area (TPSA) is 79.0 Å². The molecule has 1 saturated heterocycles. The lowest BCUT2D eigenvalue weighted by molar-refractivity contribution is -0.130. The number of aryl methyl sites for hydroxylation is 1. The van der Waals surface area contributed by atoms with Crippen LogP contribution in [0.15, 0.2) is 77.7 Å². The molecule has 0 saturated carbocycles. The van der Waals surface area contributed by atoms with Crippen molar-refractivity contribution in [2.24, 2.45) is 0 Å². The van der Waals surface area contributed by atoms with E-state index in [-0.39, 0.29) is 10.8 Å². The summed E-state index contributed by atoms with van der Waals surface area (Å²) < 4.78 is 33.0. The summed E-state index contributed by atoms with van der Waals surface area (Å²) in [5, 5.41) is 0. The van der Waals surface area contributed by atoms with E-state index in [1.54, 1.807) is 24.3 Å². The van der Waals surface area contributed by atoms with Crippen LogP contribution in [0.5, 0.6) is 5.75 Å². The van der Waals surface area contributed by atoms with Crippen molar-refractivity contribution in [1.82, 2.24) is 4.90 Å². The summed E-state index contributed by atoms with van der Waals surface area (Å²) in [7, 11) is -2.15. The standard InChI is InChI=1S/C26H29N3O4S/c1-20-4-3-5-21(18-20)19-26(30)29-16-14-28(15-17-29)23-8-6-22(7-9-23)27-34(31,32)25-12-10-24(33-2)11-13-25/h3-13,18,27H,14-17,19H2,1-2H3. The van der Waals surface area contributed by atoms with Crippen molar-refractivity contribution in [1.29, 1.82) is 0 Å². The summed E-state index contributed by atoms with van der Waals surface area (Å²) in [4.78, 5) is 17.0. The van der Waals surface area contributed by atoms with Crippen molar-refractivity contribution >= 4 is 27.3 Å². The molecule has 0 aliphatic carbocycles. The SMILES string of the molecule is COc1ccc(S(=O)(=O)Nc2ccc(N3CCN(C(=O)Cc4cccc(C)c4)CC3)cc2)cc1. The zero-order valence-electron chi connectivity index (χ0n) is 19.4. The first-order chi connectivity index (χ1) is 16.3. The van der Waals surface area contributed by atoms with Gasteiger partial charge in [0.1, 0.15) is 5.75 Å². The van der Waals surface area contributed by atoms with Crippen LogP contribution in [0.2, 0.25) is 0 Å². The van der Waals surface area contributed by atoms with Crippen LogP contribution in [0, 0.1) is 6.92 Å². The number of rotatable bonds is 7. The van der Waals surface area contributed by atoms with Crippen molar-refractivity contribution in [3.8, 4) is 5.75 Å². The van der Waals surface area contributed by atoms with Gasteiger partial charge in [-0.25, -0.2) is 8.42 Å². The fourth-order valence-corrected chi connectivity index (χ4v) is 5.09. The Morgan fingerprint density at radius 2 is 1.62 bits per heavy atom. The van der Waals surface area contributed by atoms with Gasteiger partial charge in [-0.3, -0.25) is 9.52 Å². The minimum Gasteiger partial charge on any atom is -0.497 e. The van der Waals surface area contributed by atoms with Crippen LogP contribution in [0.3, 0.4) is 0 Å². The third kappa shape index (κ3) is 5.69. The molecule has 34 heavy (non-hydrogen) atoms. The summed E-state index contributed by atoms with van der Waals surface area (Å²) in [6, 6.07) is 21.6. The van der Waals surface area contributed by atoms with Gasteiger partial charge in [-0.2, -0.15) is 0 Å². The Labute approximate surface area is 201 Å². The second-order valence-corrected chi connectivity index (χ2v) is 10.0. The van der Waals surface area contributed by atoms with E-state index in [9.17, 15) is 13.2 Å². The van der Waals surface area contributed by atoms with Crippen LogP contribution in [0.1, 0.15) is 11.1 Å². The average molecular weight is 480 g/mol. The molecule has 1 fully saturated rings. The Bertz CT molecular complexity index is 1230. The first kappa shape index (κ1) is 23.6. The number of methoxy groups -OCH3 is 1. The number of nitrogens with zero attached hydrogens (tertiary/aromatic N) is 2. The van der Waals surface area contributed by atoms with E-state index in [0.29, 0.717) is 30.9 Å². The van der Waals surface area contributed by atoms with Gasteiger partial charge in [0.2, 0.25) is 5.91 Å². The fourth-order valence-electron chi connectivity index (χ4n) is 4.03. The molecule has 8 heteroatoms. The molecule has 0 aromatic heterocycles. The summed E-state index contributed by atoms with van der Waals surface area (Å²) in [5.74, 6) is 0.744. The van der Waals surface area contributed by atoms with Crippen LogP contribution in [0.4, 0.5) is 11.4 Å². The van der Waals surface area contributed by atoms with E-state index >= 15 is 0 Å². The van der Waals surface area contributed by atoms with Crippen LogP contribution < -0.4 is 14.4 Å². The van der Waals surface area contributed by atoms with Crippen molar-refractivity contribution < 1.29 is 17.9 Å². The number of hydrogen-bond donors (Lipinski definition) is 1. The Kier molecular flexibility index (Phi) is 7.07. The van der Waals surface area contributed by atoms with Gasteiger partial charge in [0, 0.05) is 37.6 Å². The van der Waals surface area contributed by atoms with E-state index in [1.807, 2.05) is 42.2 Å².